The molecule has 0 heterocycles. The van der Waals surface area contributed by atoms with Crippen molar-refractivity contribution in [2.45, 2.75) is 54.4 Å². The van der Waals surface area contributed by atoms with Crippen LogP contribution in [0.15, 0.2) is 127 Å². The van der Waals surface area contributed by atoms with Crippen LogP contribution in [0.4, 0.5) is 0 Å². The molecule has 0 aromatic heterocycles. The molecule has 0 aliphatic rings. The van der Waals surface area contributed by atoms with Crippen molar-refractivity contribution in [3.05, 3.63) is 133 Å². The van der Waals surface area contributed by atoms with Gasteiger partial charge in [0, 0.05) is 33.6 Å². The molecule has 0 bridgehead atoms. The molecule has 1 unspecified atom stereocenters. The fraction of sp³-hybridized carbons (Fsp3) is 0.347. The van der Waals surface area contributed by atoms with Gasteiger partial charge < -0.3 is 33.2 Å². The van der Waals surface area contributed by atoms with Gasteiger partial charge in [0.25, 0.3) is 0 Å². The number of rotatable bonds is 25. The first-order valence-corrected chi connectivity index (χ1v) is 19.5. The zero-order chi connectivity index (χ0) is 44.3. The van der Waals surface area contributed by atoms with E-state index >= 15 is 0 Å². The van der Waals surface area contributed by atoms with Crippen LogP contribution in [0.5, 0.6) is 17.2 Å². The molecule has 320 valence electrons. The number of carbonyl (C=O) groups excluding carboxylic acids is 4. The first kappa shape index (κ1) is 48.2. The summed E-state index contributed by atoms with van der Waals surface area (Å²) in [6, 6.07) is 22.1. The van der Waals surface area contributed by atoms with Gasteiger partial charge in [-0.3, -0.25) is 0 Å². The van der Waals surface area contributed by atoms with E-state index in [0.717, 1.165) is 22.3 Å². The Kier molecular flexibility index (Phi) is 18.8. The number of esters is 4. The lowest BCUT2D eigenvalue weighted by Gasteiger charge is -2.29. The maximum Gasteiger partial charge on any atom is 0.336 e. The van der Waals surface area contributed by atoms with Gasteiger partial charge in [-0.15, -0.1) is 0 Å². The van der Waals surface area contributed by atoms with Crippen molar-refractivity contribution < 1.29 is 52.3 Å². The summed E-state index contributed by atoms with van der Waals surface area (Å²) in [5.74, 6) is -0.401. The summed E-state index contributed by atoms with van der Waals surface area (Å²) in [4.78, 5) is 48.6. The smallest absolute Gasteiger partial charge is 0.336 e. The Balaban J connectivity index is 1.48. The van der Waals surface area contributed by atoms with Gasteiger partial charge in [-0.2, -0.15) is 0 Å². The fourth-order valence-corrected chi connectivity index (χ4v) is 5.21. The molecule has 60 heavy (non-hydrogen) atoms. The number of benzene rings is 3. The van der Waals surface area contributed by atoms with Crippen molar-refractivity contribution >= 4 is 30.0 Å². The van der Waals surface area contributed by atoms with Crippen LogP contribution in [0, 0.1) is 10.8 Å². The summed E-state index contributed by atoms with van der Waals surface area (Å²) in [6.07, 6.45) is 4.04. The van der Waals surface area contributed by atoms with E-state index in [4.69, 9.17) is 33.2 Å². The summed E-state index contributed by atoms with van der Waals surface area (Å²) in [5, 5.41) is 0. The van der Waals surface area contributed by atoms with Crippen LogP contribution in [0.2, 0.25) is 0 Å². The summed E-state index contributed by atoms with van der Waals surface area (Å²) in [7, 11) is 0. The third-order valence-electron chi connectivity index (χ3n) is 9.00. The van der Waals surface area contributed by atoms with Gasteiger partial charge in [-0.1, -0.05) is 82.1 Å². The van der Waals surface area contributed by atoms with Crippen molar-refractivity contribution in [2.24, 2.45) is 10.8 Å². The standard InChI is InChI=1S/C49H58O11/c1-34(2)29-54-30-48(9,31-57-45(51)35(3)4)25-27-56-42-20-22-43(23-21-42)60-44(50)24-13-38-11-14-39(15-12-38)40-16-18-41(19-17-40)55-28-26-49(10,32-58-46(52)36(5)6)33-59-47(53)37(7)8/h11-24H,1,3,5,7,25-33H2,2,4,6,8-10H3/b24-13+. The van der Waals surface area contributed by atoms with Gasteiger partial charge >= 0.3 is 23.9 Å². The summed E-state index contributed by atoms with van der Waals surface area (Å²) in [6.45, 7) is 26.8. The van der Waals surface area contributed by atoms with Crippen LogP contribution < -0.4 is 14.2 Å². The molecule has 0 spiro atoms. The molecule has 3 aromatic carbocycles. The largest absolute Gasteiger partial charge is 0.494 e. The van der Waals surface area contributed by atoms with E-state index in [1.807, 2.05) is 69.3 Å². The highest BCUT2D eigenvalue weighted by Gasteiger charge is 2.30. The van der Waals surface area contributed by atoms with Crippen LogP contribution in [0.1, 0.15) is 59.9 Å². The minimum absolute atomic E-state index is 0.0247. The molecule has 0 aliphatic carbocycles. The average Bonchev–Trinajstić information content (AvgIpc) is 3.21. The molecule has 0 N–H and O–H groups in total. The molecule has 1 atom stereocenters. The predicted molar refractivity (Wildman–Crippen MR) is 232 cm³/mol. The van der Waals surface area contributed by atoms with E-state index in [1.54, 1.807) is 51.1 Å². The monoisotopic (exact) mass is 822 g/mol. The van der Waals surface area contributed by atoms with Gasteiger partial charge in [0.2, 0.25) is 0 Å². The van der Waals surface area contributed by atoms with Crippen LogP contribution in [0.3, 0.4) is 0 Å². The second-order valence-corrected chi connectivity index (χ2v) is 15.7. The summed E-state index contributed by atoms with van der Waals surface area (Å²) >= 11 is 0. The molecule has 0 saturated heterocycles. The van der Waals surface area contributed by atoms with Gasteiger partial charge in [-0.05, 0) is 99.7 Å². The Hall–Kier alpha value is -6.20. The zero-order valence-corrected chi connectivity index (χ0v) is 35.8. The maximum atomic E-state index is 12.6. The molecule has 3 rings (SSSR count). The van der Waals surface area contributed by atoms with Crippen LogP contribution in [0.25, 0.3) is 17.2 Å². The number of hydrogen-bond donors (Lipinski definition) is 0. The highest BCUT2D eigenvalue weighted by molar-refractivity contribution is 5.89. The van der Waals surface area contributed by atoms with E-state index in [9.17, 15) is 19.2 Å². The molecule has 0 aliphatic heterocycles. The van der Waals surface area contributed by atoms with Gasteiger partial charge in [0.15, 0.2) is 0 Å². The lowest BCUT2D eigenvalue weighted by molar-refractivity contribution is -0.149. The van der Waals surface area contributed by atoms with E-state index in [-0.39, 0.29) is 31.0 Å². The Morgan fingerprint density at radius 3 is 1.35 bits per heavy atom. The molecule has 3 aromatic rings. The van der Waals surface area contributed by atoms with Crippen molar-refractivity contribution in [2.75, 3.05) is 46.2 Å². The second-order valence-electron chi connectivity index (χ2n) is 15.7. The Morgan fingerprint density at radius 1 is 0.550 bits per heavy atom. The molecular weight excluding hydrogens is 765 g/mol. The van der Waals surface area contributed by atoms with Crippen LogP contribution in [-0.2, 0) is 38.1 Å². The minimum atomic E-state index is -0.691. The molecule has 0 radical (unpaired) electrons. The van der Waals surface area contributed by atoms with E-state index in [0.29, 0.717) is 62.1 Å². The number of ether oxygens (including phenoxy) is 7. The van der Waals surface area contributed by atoms with Gasteiger partial charge in [0.1, 0.15) is 30.5 Å². The van der Waals surface area contributed by atoms with Crippen molar-refractivity contribution in [1.29, 1.82) is 0 Å². The quantitative estimate of drug-likeness (QED) is 0.0266. The van der Waals surface area contributed by atoms with Crippen molar-refractivity contribution in [3.8, 4) is 28.4 Å². The normalized spacial score (nSPS) is 12.1. The fourth-order valence-electron chi connectivity index (χ4n) is 5.21. The van der Waals surface area contributed by atoms with Gasteiger partial charge in [0.05, 0.1) is 33.0 Å². The lowest BCUT2D eigenvalue weighted by Crippen LogP contribution is -2.33. The van der Waals surface area contributed by atoms with E-state index in [2.05, 4.69) is 26.3 Å². The summed E-state index contributed by atoms with van der Waals surface area (Å²) < 4.78 is 39.4. The lowest BCUT2D eigenvalue weighted by atomic mass is 9.89. The average molecular weight is 823 g/mol. The van der Waals surface area contributed by atoms with Crippen molar-refractivity contribution in [1.82, 2.24) is 0 Å². The minimum Gasteiger partial charge on any atom is -0.494 e. The van der Waals surface area contributed by atoms with Crippen molar-refractivity contribution in [3.63, 3.8) is 0 Å². The highest BCUT2D eigenvalue weighted by atomic mass is 16.6. The maximum absolute atomic E-state index is 12.6. The third-order valence-corrected chi connectivity index (χ3v) is 9.00. The SMILES string of the molecule is C=C(C)COCC(C)(CCOc1ccc(OC(=O)/C=C/c2ccc(-c3ccc(OCCC(C)(COC(=O)C(=C)C)COC(=O)C(=C)C)cc3)cc2)cc1)COC(=O)C(=C)C. The molecule has 11 nitrogen and oxygen atoms in total. The number of hydrogen-bond acceptors (Lipinski definition) is 11. The second kappa shape index (κ2) is 23.4. The summed E-state index contributed by atoms with van der Waals surface area (Å²) in [5.41, 5.74) is 3.36. The Morgan fingerprint density at radius 2 is 0.933 bits per heavy atom. The van der Waals surface area contributed by atoms with E-state index in [1.165, 1.54) is 6.08 Å². The third kappa shape index (κ3) is 17.3. The molecule has 11 heteroatoms. The van der Waals surface area contributed by atoms with E-state index < -0.39 is 34.7 Å². The molecule has 0 saturated carbocycles. The van der Waals surface area contributed by atoms with Crippen LogP contribution in [-0.4, -0.2) is 70.1 Å². The van der Waals surface area contributed by atoms with Gasteiger partial charge in [-0.25, -0.2) is 19.2 Å². The first-order chi connectivity index (χ1) is 28.4. The topological polar surface area (TPSA) is 133 Å². The molecular formula is C49H58O11. The predicted octanol–water partition coefficient (Wildman–Crippen LogP) is 9.47. The molecule has 0 fully saturated rings. The first-order valence-electron chi connectivity index (χ1n) is 19.5. The zero-order valence-electron chi connectivity index (χ0n) is 35.8. The highest BCUT2D eigenvalue weighted by Crippen LogP contribution is 2.28. The Bertz CT molecular complexity index is 1980. The van der Waals surface area contributed by atoms with Crippen LogP contribution >= 0.6 is 0 Å². The Labute approximate surface area is 354 Å². The molecule has 0 amide bonds. The number of carbonyl (C=O) groups is 4.